The molecule has 7 nitrogen and oxygen atoms in total. The van der Waals surface area contributed by atoms with Crippen molar-refractivity contribution in [1.29, 1.82) is 0 Å². The van der Waals surface area contributed by atoms with Crippen molar-refractivity contribution < 1.29 is 4.84 Å². The Morgan fingerprint density at radius 2 is 2.47 bits per heavy atom. The van der Waals surface area contributed by atoms with Crippen molar-refractivity contribution in [1.82, 2.24) is 15.0 Å². The first-order valence-electron chi connectivity index (χ1n) is 4.16. The maximum absolute atomic E-state index is 11.5. The van der Waals surface area contributed by atoms with Crippen LogP contribution in [0.3, 0.4) is 0 Å². The van der Waals surface area contributed by atoms with Crippen LogP contribution in [0.25, 0.3) is 11.0 Å². The van der Waals surface area contributed by atoms with E-state index in [1.165, 1.54) is 13.3 Å². The first-order chi connectivity index (χ1) is 7.22. The first-order valence-corrected chi connectivity index (χ1v) is 4.16. The molecular weight excluding hydrogens is 198 g/mol. The van der Waals surface area contributed by atoms with Crippen molar-refractivity contribution in [3.8, 4) is 0 Å². The lowest BCUT2D eigenvalue weighted by molar-refractivity contribution is 0.215. The third-order valence-corrected chi connectivity index (χ3v) is 1.89. The van der Waals surface area contributed by atoms with Gasteiger partial charge >= 0.3 is 0 Å². The predicted molar refractivity (Wildman–Crippen MR) is 55.7 cm³/mol. The van der Waals surface area contributed by atoms with Gasteiger partial charge in [-0.3, -0.25) is 9.78 Å². The molecule has 7 heteroatoms. The van der Waals surface area contributed by atoms with E-state index >= 15 is 0 Å². The van der Waals surface area contributed by atoms with Gasteiger partial charge in [0.2, 0.25) is 5.95 Å². The van der Waals surface area contributed by atoms with Crippen LogP contribution in [0.4, 0.5) is 5.95 Å². The van der Waals surface area contributed by atoms with E-state index in [0.29, 0.717) is 16.6 Å². The van der Waals surface area contributed by atoms with Gasteiger partial charge in [-0.05, 0) is 0 Å². The van der Waals surface area contributed by atoms with Gasteiger partial charge in [-0.1, -0.05) is 5.16 Å². The average molecular weight is 207 g/mol. The average Bonchev–Trinajstić information content (AvgIpc) is 2.58. The molecule has 0 spiro atoms. The van der Waals surface area contributed by atoms with Crippen LogP contribution in [0.5, 0.6) is 0 Å². The third-order valence-electron chi connectivity index (χ3n) is 1.89. The fraction of sp³-hybridized carbons (Fsp3) is 0.125. The number of anilines is 1. The molecule has 0 atom stereocenters. The number of nitrogens with zero attached hydrogens (tertiary/aromatic N) is 2. The summed E-state index contributed by atoms with van der Waals surface area (Å²) < 4.78 is 0. The van der Waals surface area contributed by atoms with Crippen molar-refractivity contribution in [2.24, 2.45) is 5.16 Å². The van der Waals surface area contributed by atoms with Crippen molar-refractivity contribution in [2.75, 3.05) is 12.8 Å². The molecule has 4 N–H and O–H groups in total. The molecule has 0 radical (unpaired) electrons. The Balaban J connectivity index is 2.69. The number of nitrogens with two attached hydrogens (primary N) is 1. The highest BCUT2D eigenvalue weighted by molar-refractivity contribution is 5.97. The zero-order valence-electron chi connectivity index (χ0n) is 7.94. The van der Waals surface area contributed by atoms with E-state index in [2.05, 4.69) is 24.9 Å². The number of aromatic amines is 2. The fourth-order valence-corrected chi connectivity index (χ4v) is 1.29. The normalized spacial score (nSPS) is 11.3. The van der Waals surface area contributed by atoms with Crippen molar-refractivity contribution >= 4 is 23.2 Å². The van der Waals surface area contributed by atoms with E-state index in [0.717, 1.165) is 0 Å². The molecule has 2 rings (SSSR count). The number of rotatable bonds is 2. The molecule has 0 amide bonds. The van der Waals surface area contributed by atoms with E-state index in [4.69, 9.17) is 5.73 Å². The van der Waals surface area contributed by atoms with Crippen molar-refractivity contribution in [2.45, 2.75) is 0 Å². The molecule has 0 fully saturated rings. The molecule has 0 aliphatic heterocycles. The van der Waals surface area contributed by atoms with Gasteiger partial charge in [-0.2, -0.15) is 4.98 Å². The van der Waals surface area contributed by atoms with Crippen LogP contribution < -0.4 is 11.3 Å². The molecule has 0 aromatic carbocycles. The second-order valence-electron chi connectivity index (χ2n) is 2.84. The summed E-state index contributed by atoms with van der Waals surface area (Å²) in [6, 6.07) is 0. The van der Waals surface area contributed by atoms with Crippen LogP contribution in [-0.4, -0.2) is 28.3 Å². The van der Waals surface area contributed by atoms with Gasteiger partial charge in [-0.25, -0.2) is 0 Å². The van der Waals surface area contributed by atoms with Crippen LogP contribution in [-0.2, 0) is 4.84 Å². The number of nitrogens with one attached hydrogen (secondary N) is 2. The summed E-state index contributed by atoms with van der Waals surface area (Å²) in [6.45, 7) is 0. The second kappa shape index (κ2) is 3.45. The Bertz CT molecular complexity index is 568. The van der Waals surface area contributed by atoms with Crippen LogP contribution >= 0.6 is 0 Å². The van der Waals surface area contributed by atoms with E-state index in [1.54, 1.807) is 6.20 Å². The Kier molecular flexibility index (Phi) is 2.13. The number of H-pyrrole nitrogens is 2. The van der Waals surface area contributed by atoms with Gasteiger partial charge in [0.05, 0.1) is 11.6 Å². The molecule has 0 aliphatic rings. The van der Waals surface area contributed by atoms with E-state index in [-0.39, 0.29) is 11.5 Å². The molecule has 0 aliphatic carbocycles. The van der Waals surface area contributed by atoms with Gasteiger partial charge in [0.15, 0.2) is 0 Å². The van der Waals surface area contributed by atoms with Gasteiger partial charge < -0.3 is 15.6 Å². The standard InChI is InChI=1S/C8H9N5O2/c1-15-11-3-4-2-10-6-5(4)7(14)13-8(9)12-6/h2-3H,1H3,(H4,9,10,12,13,14). The quantitative estimate of drug-likeness (QED) is 0.468. The minimum Gasteiger partial charge on any atom is -0.399 e. The highest BCUT2D eigenvalue weighted by Crippen LogP contribution is 2.10. The number of oxime groups is 1. The topological polar surface area (TPSA) is 109 Å². The molecule has 15 heavy (non-hydrogen) atoms. The third kappa shape index (κ3) is 1.54. The van der Waals surface area contributed by atoms with Gasteiger partial charge in [0.1, 0.15) is 12.8 Å². The van der Waals surface area contributed by atoms with Crippen molar-refractivity contribution in [3.63, 3.8) is 0 Å². The van der Waals surface area contributed by atoms with Crippen LogP contribution in [0.15, 0.2) is 16.1 Å². The van der Waals surface area contributed by atoms with E-state index in [9.17, 15) is 4.79 Å². The number of fused-ring (bicyclic) bond motifs is 1. The highest BCUT2D eigenvalue weighted by atomic mass is 16.6. The largest absolute Gasteiger partial charge is 0.399 e. The monoisotopic (exact) mass is 207 g/mol. The second-order valence-corrected chi connectivity index (χ2v) is 2.84. The summed E-state index contributed by atoms with van der Waals surface area (Å²) in [5.74, 6) is 0.0737. The molecule has 0 saturated heterocycles. The SMILES string of the molecule is CON=Cc1c[nH]c2nc(N)[nH]c(=O)c12. The zero-order chi connectivity index (χ0) is 10.8. The molecule has 0 saturated carbocycles. The summed E-state index contributed by atoms with van der Waals surface area (Å²) in [4.78, 5) is 25.2. The van der Waals surface area contributed by atoms with Gasteiger partial charge in [-0.15, -0.1) is 0 Å². The Morgan fingerprint density at radius 3 is 3.20 bits per heavy atom. The van der Waals surface area contributed by atoms with Crippen molar-refractivity contribution in [3.05, 3.63) is 22.1 Å². The first kappa shape index (κ1) is 9.25. The lowest BCUT2D eigenvalue weighted by Gasteiger charge is -1.92. The lowest BCUT2D eigenvalue weighted by Crippen LogP contribution is -2.11. The van der Waals surface area contributed by atoms with Gasteiger partial charge in [0.25, 0.3) is 5.56 Å². The summed E-state index contributed by atoms with van der Waals surface area (Å²) in [5.41, 5.74) is 6.10. The maximum atomic E-state index is 11.5. The summed E-state index contributed by atoms with van der Waals surface area (Å²) in [7, 11) is 1.42. The van der Waals surface area contributed by atoms with Crippen LogP contribution in [0, 0.1) is 0 Å². The highest BCUT2D eigenvalue weighted by Gasteiger charge is 2.08. The number of aromatic nitrogens is 3. The van der Waals surface area contributed by atoms with E-state index in [1.807, 2.05) is 0 Å². The maximum Gasteiger partial charge on any atom is 0.262 e. The Hall–Kier alpha value is -2.31. The van der Waals surface area contributed by atoms with Gasteiger partial charge in [0, 0.05) is 11.8 Å². The summed E-state index contributed by atoms with van der Waals surface area (Å²) in [6.07, 6.45) is 3.03. The predicted octanol–water partition coefficient (Wildman–Crippen LogP) is -0.186. The minimum absolute atomic E-state index is 0.0737. The van der Waals surface area contributed by atoms with E-state index < -0.39 is 0 Å². The molecule has 0 bridgehead atoms. The lowest BCUT2D eigenvalue weighted by atomic mass is 10.2. The summed E-state index contributed by atoms with van der Waals surface area (Å²) >= 11 is 0. The Labute approximate surface area is 84.0 Å². The molecule has 2 aromatic rings. The zero-order valence-corrected chi connectivity index (χ0v) is 7.94. The fourth-order valence-electron chi connectivity index (χ4n) is 1.29. The minimum atomic E-state index is -0.309. The Morgan fingerprint density at radius 1 is 1.67 bits per heavy atom. The molecule has 2 aromatic heterocycles. The van der Waals surface area contributed by atoms with Crippen LogP contribution in [0.2, 0.25) is 0 Å². The smallest absolute Gasteiger partial charge is 0.262 e. The molecule has 2 heterocycles. The molecular formula is C8H9N5O2. The number of hydrogen-bond donors (Lipinski definition) is 3. The number of hydrogen-bond acceptors (Lipinski definition) is 5. The summed E-state index contributed by atoms with van der Waals surface area (Å²) in [5, 5.41) is 3.98. The number of nitrogen functional groups attached to an aromatic ring is 1. The molecule has 78 valence electrons. The molecule has 0 unspecified atom stereocenters. The van der Waals surface area contributed by atoms with Crippen LogP contribution in [0.1, 0.15) is 5.56 Å².